The van der Waals surface area contributed by atoms with Crippen molar-refractivity contribution in [3.05, 3.63) is 12.2 Å². The van der Waals surface area contributed by atoms with E-state index in [1.165, 1.54) is 334 Å². The lowest BCUT2D eigenvalue weighted by Crippen LogP contribution is -2.45. The molecule has 0 bridgehead atoms. The van der Waals surface area contributed by atoms with Crippen LogP contribution in [0.3, 0.4) is 0 Å². The molecule has 0 spiro atoms. The quantitative estimate of drug-likeness (QED) is 0.0320. The van der Waals surface area contributed by atoms with Crippen molar-refractivity contribution in [2.24, 2.45) is 0 Å². The van der Waals surface area contributed by atoms with Crippen LogP contribution in [-0.4, -0.2) is 47.4 Å². The number of carbonyl (C=O) groups excluding carboxylic acids is 2. The number of hydrogen-bond donors (Lipinski definition) is 3. The summed E-state index contributed by atoms with van der Waals surface area (Å²) in [5, 5.41) is 23.1. The molecule has 0 radical (unpaired) electrons. The van der Waals surface area contributed by atoms with Crippen LogP contribution in [0.2, 0.25) is 0 Å². The van der Waals surface area contributed by atoms with Crippen LogP contribution in [0.25, 0.3) is 0 Å². The predicted molar refractivity (Wildman–Crippen MR) is 333 cm³/mol. The van der Waals surface area contributed by atoms with E-state index in [0.717, 1.165) is 38.5 Å². The molecule has 3 N–H and O–H groups in total. The summed E-state index contributed by atoms with van der Waals surface area (Å²) in [6.07, 6.45) is 81.8. The lowest BCUT2D eigenvalue weighted by atomic mass is 10.0. The SMILES string of the molecule is CCCCCCCCCCC/C=C/C(O)C(CO)NC(=O)CCCCCCCCCCCCCCCCCCCCCCCCCCCCCCCCCCCCCCCOC(=O)CCCCCCCCCCCCC. The van der Waals surface area contributed by atoms with Crippen LogP contribution in [-0.2, 0) is 14.3 Å². The highest BCUT2D eigenvalue weighted by Gasteiger charge is 2.18. The van der Waals surface area contributed by atoms with E-state index in [9.17, 15) is 19.8 Å². The zero-order chi connectivity index (χ0) is 55.0. The predicted octanol–water partition coefficient (Wildman–Crippen LogP) is 22.4. The summed E-state index contributed by atoms with van der Waals surface area (Å²) in [7, 11) is 0. The Morgan fingerprint density at radius 2 is 0.605 bits per heavy atom. The van der Waals surface area contributed by atoms with Gasteiger partial charge in [0.25, 0.3) is 0 Å². The number of aliphatic hydroxyl groups is 2. The van der Waals surface area contributed by atoms with Crippen molar-refractivity contribution in [1.82, 2.24) is 5.32 Å². The third-order valence-electron chi connectivity index (χ3n) is 16.6. The first-order chi connectivity index (χ1) is 37.5. The Hall–Kier alpha value is -1.40. The standard InChI is InChI=1S/C70H137NO5/c1-3-5-7-9-11-13-42-46-50-54-58-62-68(73)67(66-72)71-69(74)63-59-55-51-47-44-40-38-36-34-32-30-28-26-24-22-20-18-16-15-17-19-21-23-25-27-29-31-33-35-37-39-41-45-49-53-57-61-65-76-70(75)64-60-56-52-48-43-14-12-10-8-6-4-2/h58,62,67-68,72-73H,3-57,59-61,63-66H2,1-2H3,(H,71,74)/b62-58+. The monoisotopic (exact) mass is 1070 g/mol. The molecule has 1 amide bonds. The lowest BCUT2D eigenvalue weighted by Gasteiger charge is -2.20. The number of aliphatic hydroxyl groups excluding tert-OH is 2. The molecule has 0 heterocycles. The largest absolute Gasteiger partial charge is 0.466 e. The van der Waals surface area contributed by atoms with Crippen molar-refractivity contribution in [1.29, 1.82) is 0 Å². The van der Waals surface area contributed by atoms with Gasteiger partial charge < -0.3 is 20.3 Å². The number of allylic oxidation sites excluding steroid dienone is 1. The van der Waals surface area contributed by atoms with E-state index in [4.69, 9.17) is 4.74 Å². The second-order valence-electron chi connectivity index (χ2n) is 24.2. The number of hydrogen-bond acceptors (Lipinski definition) is 5. The smallest absolute Gasteiger partial charge is 0.305 e. The third-order valence-corrected chi connectivity index (χ3v) is 16.6. The second kappa shape index (κ2) is 66.1. The minimum absolute atomic E-state index is 0.0234. The number of carbonyl (C=O) groups is 2. The zero-order valence-electron chi connectivity index (χ0n) is 51.8. The average Bonchev–Trinajstić information content (AvgIpc) is 3.42. The summed E-state index contributed by atoms with van der Waals surface area (Å²) in [6.45, 7) is 4.92. The summed E-state index contributed by atoms with van der Waals surface area (Å²) in [5.74, 6) is -0.0380. The van der Waals surface area contributed by atoms with E-state index in [0.29, 0.717) is 19.4 Å². The maximum Gasteiger partial charge on any atom is 0.305 e. The first-order valence-corrected chi connectivity index (χ1v) is 35.0. The molecule has 0 saturated heterocycles. The minimum atomic E-state index is -0.838. The fraction of sp³-hybridized carbons (Fsp3) is 0.943. The summed E-state index contributed by atoms with van der Waals surface area (Å²) in [5.41, 5.74) is 0. The van der Waals surface area contributed by atoms with E-state index in [-0.39, 0.29) is 18.5 Å². The van der Waals surface area contributed by atoms with Gasteiger partial charge in [0.2, 0.25) is 5.91 Å². The molecule has 76 heavy (non-hydrogen) atoms. The number of ether oxygens (including phenoxy) is 1. The first kappa shape index (κ1) is 74.6. The minimum Gasteiger partial charge on any atom is -0.466 e. The summed E-state index contributed by atoms with van der Waals surface area (Å²) in [6, 6.07) is -0.621. The fourth-order valence-electron chi connectivity index (χ4n) is 11.2. The Morgan fingerprint density at radius 1 is 0.355 bits per heavy atom. The van der Waals surface area contributed by atoms with E-state index in [1.807, 2.05) is 6.08 Å². The van der Waals surface area contributed by atoms with Crippen LogP contribution >= 0.6 is 0 Å². The average molecular weight is 1070 g/mol. The maximum atomic E-state index is 12.4. The summed E-state index contributed by atoms with van der Waals surface area (Å²) in [4.78, 5) is 24.4. The molecule has 0 aliphatic rings. The van der Waals surface area contributed by atoms with Crippen LogP contribution in [0.15, 0.2) is 12.2 Å². The van der Waals surface area contributed by atoms with Gasteiger partial charge in [-0.05, 0) is 32.1 Å². The molecule has 0 aliphatic carbocycles. The molecule has 0 fully saturated rings. The van der Waals surface area contributed by atoms with Gasteiger partial charge in [0.15, 0.2) is 0 Å². The van der Waals surface area contributed by atoms with Crippen LogP contribution in [0, 0.1) is 0 Å². The summed E-state index contributed by atoms with van der Waals surface area (Å²) >= 11 is 0. The van der Waals surface area contributed by atoms with Gasteiger partial charge in [-0.25, -0.2) is 0 Å². The van der Waals surface area contributed by atoms with E-state index in [2.05, 4.69) is 19.2 Å². The Kier molecular flexibility index (Phi) is 64.9. The van der Waals surface area contributed by atoms with Gasteiger partial charge in [-0.2, -0.15) is 0 Å². The first-order valence-electron chi connectivity index (χ1n) is 35.0. The number of amides is 1. The van der Waals surface area contributed by atoms with Crippen molar-refractivity contribution in [3.8, 4) is 0 Å². The Balaban J connectivity index is 3.28. The van der Waals surface area contributed by atoms with Crippen molar-refractivity contribution in [3.63, 3.8) is 0 Å². The van der Waals surface area contributed by atoms with E-state index in [1.54, 1.807) is 6.08 Å². The third kappa shape index (κ3) is 61.8. The molecule has 0 saturated carbocycles. The molecule has 6 heteroatoms. The normalized spacial score (nSPS) is 12.5. The molecular formula is C70H137NO5. The fourth-order valence-corrected chi connectivity index (χ4v) is 11.2. The van der Waals surface area contributed by atoms with Crippen molar-refractivity contribution in [2.45, 2.75) is 411 Å². The van der Waals surface area contributed by atoms with Gasteiger partial charge in [-0.3, -0.25) is 9.59 Å². The van der Waals surface area contributed by atoms with Crippen molar-refractivity contribution >= 4 is 11.9 Å². The maximum absolute atomic E-state index is 12.4. The van der Waals surface area contributed by atoms with Crippen LogP contribution < -0.4 is 5.32 Å². The number of esters is 1. The summed E-state index contributed by atoms with van der Waals surface area (Å²) < 4.78 is 5.48. The Morgan fingerprint density at radius 3 is 0.895 bits per heavy atom. The molecule has 0 aromatic carbocycles. The molecular weight excluding hydrogens is 935 g/mol. The Bertz CT molecular complexity index is 1140. The molecule has 0 aromatic heterocycles. The second-order valence-corrected chi connectivity index (χ2v) is 24.2. The lowest BCUT2D eigenvalue weighted by molar-refractivity contribution is -0.143. The number of nitrogens with one attached hydrogen (secondary N) is 1. The molecule has 2 unspecified atom stereocenters. The molecule has 0 aromatic rings. The van der Waals surface area contributed by atoms with Crippen molar-refractivity contribution in [2.75, 3.05) is 13.2 Å². The van der Waals surface area contributed by atoms with E-state index >= 15 is 0 Å². The van der Waals surface area contributed by atoms with Gasteiger partial charge in [0, 0.05) is 12.8 Å². The van der Waals surface area contributed by atoms with Gasteiger partial charge in [0.1, 0.15) is 0 Å². The van der Waals surface area contributed by atoms with Crippen molar-refractivity contribution < 1.29 is 24.5 Å². The molecule has 2 atom stereocenters. The van der Waals surface area contributed by atoms with Crippen LogP contribution in [0.4, 0.5) is 0 Å². The molecule has 0 aliphatic heterocycles. The topological polar surface area (TPSA) is 95.9 Å². The van der Waals surface area contributed by atoms with Crippen LogP contribution in [0.1, 0.15) is 399 Å². The van der Waals surface area contributed by atoms with Gasteiger partial charge in [-0.1, -0.05) is 366 Å². The van der Waals surface area contributed by atoms with Gasteiger partial charge in [-0.15, -0.1) is 0 Å². The van der Waals surface area contributed by atoms with Gasteiger partial charge in [0.05, 0.1) is 25.4 Å². The Labute approximate surface area is 476 Å². The zero-order valence-corrected chi connectivity index (χ0v) is 51.8. The van der Waals surface area contributed by atoms with Gasteiger partial charge >= 0.3 is 5.97 Å². The highest BCUT2D eigenvalue weighted by molar-refractivity contribution is 5.76. The van der Waals surface area contributed by atoms with Crippen LogP contribution in [0.5, 0.6) is 0 Å². The molecule has 6 nitrogen and oxygen atoms in total. The molecule has 452 valence electrons. The van der Waals surface area contributed by atoms with E-state index < -0.39 is 12.1 Å². The number of rotatable bonds is 66. The highest BCUT2D eigenvalue weighted by Crippen LogP contribution is 2.19. The molecule has 0 rings (SSSR count). The highest BCUT2D eigenvalue weighted by atomic mass is 16.5. The number of unbranched alkanes of at least 4 members (excludes halogenated alkanes) is 55.